The first-order valence-electron chi connectivity index (χ1n) is 12.7. The van der Waals surface area contributed by atoms with Gasteiger partial charge in [-0.2, -0.15) is 0 Å². The molecule has 0 N–H and O–H groups in total. The third-order valence-electron chi connectivity index (χ3n) is 6.92. The molecule has 0 unspecified atom stereocenters. The van der Waals surface area contributed by atoms with E-state index in [-0.39, 0.29) is 10.7 Å². The van der Waals surface area contributed by atoms with E-state index < -0.39 is 20.4 Å². The Hall–Kier alpha value is -3.48. The standard InChI is InChI=1S/C33H32O4S2/c1-21-7-17-29(18-8-21)39(36,37)33(5,6)32(35)26-11-15-28(16-12-26)38-27-13-9-25(10-14-27)31(34)30-23(3)19-22(2)20-24(30)4/h7-20H,1-6H3. The number of hydrogen-bond acceptors (Lipinski definition) is 5. The average Bonchev–Trinajstić information content (AvgIpc) is 2.88. The molecule has 4 aromatic rings. The van der Waals surface area contributed by atoms with E-state index in [1.807, 2.05) is 76.2 Å². The molecule has 0 aliphatic heterocycles. The predicted octanol–water partition coefficient (Wildman–Crippen LogP) is 7.74. The second kappa shape index (κ2) is 10.9. The molecular formula is C33H32O4S2. The number of carbonyl (C=O) groups excluding carboxylic acids is 2. The summed E-state index contributed by atoms with van der Waals surface area (Å²) in [7, 11) is -3.88. The van der Waals surface area contributed by atoms with Crippen molar-refractivity contribution in [1.29, 1.82) is 0 Å². The minimum atomic E-state index is -3.88. The smallest absolute Gasteiger partial charge is 0.193 e. The molecule has 0 aliphatic rings. The Kier molecular flexibility index (Phi) is 8.01. The lowest BCUT2D eigenvalue weighted by Crippen LogP contribution is -2.40. The quantitative estimate of drug-likeness (QED) is 0.208. The van der Waals surface area contributed by atoms with Gasteiger partial charge in [-0.25, -0.2) is 8.42 Å². The van der Waals surface area contributed by atoms with E-state index in [0.29, 0.717) is 11.1 Å². The molecule has 0 aliphatic carbocycles. The summed E-state index contributed by atoms with van der Waals surface area (Å²) in [5.41, 5.74) is 5.74. The number of carbonyl (C=O) groups is 2. The summed E-state index contributed by atoms with van der Waals surface area (Å²) < 4.78 is 24.9. The molecule has 0 amide bonds. The zero-order chi connectivity index (χ0) is 28.5. The second-order valence-corrected chi connectivity index (χ2v) is 14.1. The zero-order valence-corrected chi connectivity index (χ0v) is 24.7. The minimum absolute atomic E-state index is 0.00706. The molecule has 4 aromatic carbocycles. The maximum atomic E-state index is 13.3. The van der Waals surface area contributed by atoms with Gasteiger partial charge in [0.1, 0.15) is 4.75 Å². The third-order valence-corrected chi connectivity index (χ3v) is 10.4. The van der Waals surface area contributed by atoms with Gasteiger partial charge in [0.05, 0.1) is 4.90 Å². The molecule has 0 spiro atoms. The Labute approximate surface area is 235 Å². The van der Waals surface area contributed by atoms with Crippen LogP contribution in [0.15, 0.2) is 99.6 Å². The Morgan fingerprint density at radius 2 is 1.10 bits per heavy atom. The summed E-state index contributed by atoms with van der Waals surface area (Å²) in [5, 5.41) is 0. The predicted molar refractivity (Wildman–Crippen MR) is 158 cm³/mol. The molecule has 0 fully saturated rings. The molecule has 0 aromatic heterocycles. The van der Waals surface area contributed by atoms with Crippen LogP contribution >= 0.6 is 11.8 Å². The molecule has 0 saturated heterocycles. The second-order valence-electron chi connectivity index (χ2n) is 10.4. The van der Waals surface area contributed by atoms with Gasteiger partial charge >= 0.3 is 0 Å². The topological polar surface area (TPSA) is 68.3 Å². The molecule has 4 rings (SSSR count). The SMILES string of the molecule is Cc1ccc(S(=O)(=O)C(C)(C)C(=O)c2ccc(Sc3ccc(C(=O)c4c(C)cc(C)cc4C)cc3)cc2)cc1. The van der Waals surface area contributed by atoms with Crippen LogP contribution in [0.4, 0.5) is 0 Å². The van der Waals surface area contributed by atoms with Gasteiger partial charge in [-0.1, -0.05) is 59.3 Å². The summed E-state index contributed by atoms with van der Waals surface area (Å²) in [5.74, 6) is -0.447. The van der Waals surface area contributed by atoms with Crippen molar-refractivity contribution in [2.75, 3.05) is 0 Å². The zero-order valence-electron chi connectivity index (χ0n) is 23.0. The van der Waals surface area contributed by atoms with Crippen LogP contribution in [0.2, 0.25) is 0 Å². The van der Waals surface area contributed by atoms with Gasteiger partial charge in [-0.05, 0) is 101 Å². The van der Waals surface area contributed by atoms with Gasteiger partial charge in [0, 0.05) is 26.5 Å². The van der Waals surface area contributed by atoms with Crippen molar-refractivity contribution >= 4 is 33.2 Å². The number of rotatable bonds is 8. The molecule has 200 valence electrons. The van der Waals surface area contributed by atoms with Crippen molar-refractivity contribution in [2.45, 2.75) is 61.0 Å². The lowest BCUT2D eigenvalue weighted by Gasteiger charge is -2.23. The van der Waals surface area contributed by atoms with Gasteiger partial charge < -0.3 is 0 Å². The van der Waals surface area contributed by atoms with Crippen LogP contribution in [0.1, 0.15) is 62.4 Å². The third kappa shape index (κ3) is 5.77. The first kappa shape index (κ1) is 28.5. The number of sulfone groups is 1. The highest BCUT2D eigenvalue weighted by molar-refractivity contribution is 7.99. The van der Waals surface area contributed by atoms with E-state index >= 15 is 0 Å². The lowest BCUT2D eigenvalue weighted by atomic mass is 9.93. The molecule has 6 heteroatoms. The Balaban J connectivity index is 1.48. The Bertz CT molecular complexity index is 1620. The molecule has 0 saturated carbocycles. The molecule has 0 heterocycles. The summed E-state index contributed by atoms with van der Waals surface area (Å²) >= 11 is 1.50. The summed E-state index contributed by atoms with van der Waals surface area (Å²) in [6, 6.07) is 25.0. The molecular weight excluding hydrogens is 524 g/mol. The van der Waals surface area contributed by atoms with Gasteiger partial charge in [0.25, 0.3) is 0 Å². The largest absolute Gasteiger partial charge is 0.292 e. The van der Waals surface area contributed by atoms with E-state index in [4.69, 9.17) is 0 Å². The number of aryl methyl sites for hydroxylation is 4. The van der Waals surface area contributed by atoms with Crippen LogP contribution in [0.5, 0.6) is 0 Å². The fraction of sp³-hybridized carbons (Fsp3) is 0.212. The van der Waals surface area contributed by atoms with Crippen molar-refractivity contribution < 1.29 is 18.0 Å². The number of benzene rings is 4. The Morgan fingerprint density at radius 3 is 1.59 bits per heavy atom. The highest BCUT2D eigenvalue weighted by Gasteiger charge is 2.43. The monoisotopic (exact) mass is 556 g/mol. The van der Waals surface area contributed by atoms with Crippen LogP contribution in [0.3, 0.4) is 0 Å². The van der Waals surface area contributed by atoms with E-state index in [0.717, 1.165) is 37.6 Å². The van der Waals surface area contributed by atoms with Gasteiger partial charge in [0.15, 0.2) is 21.4 Å². The first-order valence-corrected chi connectivity index (χ1v) is 15.0. The van der Waals surface area contributed by atoms with E-state index in [9.17, 15) is 18.0 Å². The van der Waals surface area contributed by atoms with Crippen LogP contribution in [0.25, 0.3) is 0 Å². The normalized spacial score (nSPS) is 11.8. The van der Waals surface area contributed by atoms with Crippen molar-refractivity contribution in [3.05, 3.63) is 124 Å². The van der Waals surface area contributed by atoms with E-state index in [1.54, 1.807) is 36.4 Å². The van der Waals surface area contributed by atoms with Crippen molar-refractivity contribution in [1.82, 2.24) is 0 Å². The molecule has 39 heavy (non-hydrogen) atoms. The average molecular weight is 557 g/mol. The summed E-state index contributed by atoms with van der Waals surface area (Å²) in [6.07, 6.45) is 0. The molecule has 4 nitrogen and oxygen atoms in total. The van der Waals surface area contributed by atoms with Gasteiger partial charge in [-0.3, -0.25) is 9.59 Å². The van der Waals surface area contributed by atoms with Crippen LogP contribution in [-0.2, 0) is 9.84 Å². The van der Waals surface area contributed by atoms with Crippen LogP contribution in [-0.4, -0.2) is 24.7 Å². The molecule has 0 bridgehead atoms. The van der Waals surface area contributed by atoms with Crippen molar-refractivity contribution in [3.8, 4) is 0 Å². The van der Waals surface area contributed by atoms with Gasteiger partial charge in [-0.15, -0.1) is 0 Å². The van der Waals surface area contributed by atoms with E-state index in [2.05, 4.69) is 0 Å². The number of hydrogen-bond donors (Lipinski definition) is 0. The van der Waals surface area contributed by atoms with Crippen molar-refractivity contribution in [2.24, 2.45) is 0 Å². The summed E-state index contributed by atoms with van der Waals surface area (Å²) in [4.78, 5) is 28.4. The highest BCUT2D eigenvalue weighted by Crippen LogP contribution is 2.32. The van der Waals surface area contributed by atoms with Crippen LogP contribution < -0.4 is 0 Å². The Morgan fingerprint density at radius 1 is 0.641 bits per heavy atom. The molecule has 0 atom stereocenters. The maximum absolute atomic E-state index is 13.3. The number of Topliss-reactive ketones (excluding diaryl/α,β-unsaturated/α-hetero) is 1. The van der Waals surface area contributed by atoms with Crippen molar-refractivity contribution in [3.63, 3.8) is 0 Å². The van der Waals surface area contributed by atoms with E-state index in [1.165, 1.54) is 25.6 Å². The molecule has 0 radical (unpaired) electrons. The van der Waals surface area contributed by atoms with Crippen LogP contribution in [0, 0.1) is 27.7 Å². The minimum Gasteiger partial charge on any atom is -0.292 e. The summed E-state index contributed by atoms with van der Waals surface area (Å²) in [6.45, 7) is 10.7. The fourth-order valence-corrected chi connectivity index (χ4v) is 6.91. The van der Waals surface area contributed by atoms with Gasteiger partial charge in [0.2, 0.25) is 0 Å². The highest BCUT2D eigenvalue weighted by atomic mass is 32.2. The first-order chi connectivity index (χ1) is 18.3. The number of ketones is 2. The maximum Gasteiger partial charge on any atom is 0.193 e. The fourth-order valence-electron chi connectivity index (χ4n) is 4.65. The lowest BCUT2D eigenvalue weighted by molar-refractivity contribution is 0.0953.